The van der Waals surface area contributed by atoms with Crippen LogP contribution in [-0.4, -0.2) is 24.3 Å². The molecule has 0 spiro atoms. The van der Waals surface area contributed by atoms with Crippen LogP contribution in [0.5, 0.6) is 11.5 Å². The fraction of sp³-hybridized carbons (Fsp3) is 0.552. The number of carboxylic acid groups (broad SMARTS) is 1. The van der Waals surface area contributed by atoms with Gasteiger partial charge in [0.1, 0.15) is 11.5 Å². The van der Waals surface area contributed by atoms with E-state index in [1.165, 1.54) is 64.2 Å². The summed E-state index contributed by atoms with van der Waals surface area (Å²) in [6.07, 6.45) is 14.7. The number of aromatic carboxylic acids is 1. The Morgan fingerprint density at radius 2 is 1.15 bits per heavy atom. The number of hydrogen-bond donors (Lipinski definition) is 1. The highest BCUT2D eigenvalue weighted by Crippen LogP contribution is 2.30. The molecule has 33 heavy (non-hydrogen) atoms. The first-order chi connectivity index (χ1) is 16.2. The van der Waals surface area contributed by atoms with E-state index < -0.39 is 5.97 Å². The molecule has 4 nitrogen and oxygen atoms in total. The Balaban J connectivity index is 1.89. The number of hydrogen-bond acceptors (Lipinski definition) is 3. The van der Waals surface area contributed by atoms with E-state index >= 15 is 0 Å². The lowest BCUT2D eigenvalue weighted by molar-refractivity contribution is 0.0697. The summed E-state index contributed by atoms with van der Waals surface area (Å²) in [5.74, 6) is 0.600. The van der Waals surface area contributed by atoms with Crippen LogP contribution in [0.4, 0.5) is 0 Å². The molecule has 0 aliphatic heterocycles. The summed E-state index contributed by atoms with van der Waals surface area (Å²) in [6, 6.07) is 12.9. The van der Waals surface area contributed by atoms with E-state index in [1.54, 1.807) is 12.1 Å². The van der Waals surface area contributed by atoms with Gasteiger partial charge in [0.05, 0.1) is 18.8 Å². The van der Waals surface area contributed by atoms with Crippen molar-refractivity contribution in [2.75, 3.05) is 13.2 Å². The molecule has 0 heterocycles. The van der Waals surface area contributed by atoms with Crippen molar-refractivity contribution in [1.29, 1.82) is 0 Å². The SMILES string of the molecule is CCCCCCCCOc1ccc(-c2cc(OCCCCCCCC)ccc2C(=O)O)cc1. The summed E-state index contributed by atoms with van der Waals surface area (Å²) in [6.45, 7) is 5.82. The molecule has 0 bridgehead atoms. The molecule has 4 heteroatoms. The minimum atomic E-state index is -0.934. The Kier molecular flexibility index (Phi) is 13.1. The Morgan fingerprint density at radius 1 is 0.667 bits per heavy atom. The van der Waals surface area contributed by atoms with Crippen molar-refractivity contribution in [3.63, 3.8) is 0 Å². The van der Waals surface area contributed by atoms with Crippen molar-refractivity contribution < 1.29 is 19.4 Å². The zero-order valence-electron chi connectivity index (χ0n) is 20.6. The molecule has 0 aromatic heterocycles. The molecule has 0 saturated carbocycles. The molecule has 2 aromatic rings. The summed E-state index contributed by atoms with van der Waals surface area (Å²) in [4.78, 5) is 11.8. The van der Waals surface area contributed by atoms with Crippen molar-refractivity contribution in [3.8, 4) is 22.6 Å². The van der Waals surface area contributed by atoms with Crippen molar-refractivity contribution >= 4 is 5.97 Å². The largest absolute Gasteiger partial charge is 0.494 e. The molecular weight excluding hydrogens is 412 g/mol. The zero-order valence-corrected chi connectivity index (χ0v) is 20.6. The number of ether oxygens (including phenoxy) is 2. The van der Waals surface area contributed by atoms with E-state index in [-0.39, 0.29) is 5.56 Å². The van der Waals surface area contributed by atoms with Crippen LogP contribution < -0.4 is 9.47 Å². The average Bonchev–Trinajstić information content (AvgIpc) is 2.83. The Hall–Kier alpha value is -2.49. The van der Waals surface area contributed by atoms with Crippen molar-refractivity contribution in [2.45, 2.75) is 90.9 Å². The van der Waals surface area contributed by atoms with Gasteiger partial charge in [-0.15, -0.1) is 0 Å². The maximum atomic E-state index is 11.8. The summed E-state index contributed by atoms with van der Waals surface area (Å²) >= 11 is 0. The Morgan fingerprint density at radius 3 is 1.70 bits per heavy atom. The standard InChI is InChI=1S/C29H42O4/c1-3-5-7-9-11-13-21-32-25-17-15-24(16-18-25)28-23-26(19-20-27(28)29(30)31)33-22-14-12-10-8-6-4-2/h15-20,23H,3-14,21-22H2,1-2H3,(H,30,31). The quantitative estimate of drug-likeness (QED) is 0.229. The number of rotatable bonds is 18. The van der Waals surface area contributed by atoms with Gasteiger partial charge in [0, 0.05) is 0 Å². The van der Waals surface area contributed by atoms with Crippen LogP contribution in [0.2, 0.25) is 0 Å². The lowest BCUT2D eigenvalue weighted by Gasteiger charge is -2.12. The third-order valence-electron chi connectivity index (χ3n) is 5.92. The lowest BCUT2D eigenvalue weighted by Crippen LogP contribution is -2.02. The minimum absolute atomic E-state index is 0.280. The number of unbranched alkanes of at least 4 members (excludes halogenated alkanes) is 10. The predicted octanol–water partition coefficient (Wildman–Crippen LogP) is 8.53. The molecule has 182 valence electrons. The van der Waals surface area contributed by atoms with Gasteiger partial charge < -0.3 is 14.6 Å². The highest BCUT2D eigenvalue weighted by Gasteiger charge is 2.13. The Bertz CT molecular complexity index is 798. The average molecular weight is 455 g/mol. The highest BCUT2D eigenvalue weighted by atomic mass is 16.5. The predicted molar refractivity (Wildman–Crippen MR) is 137 cm³/mol. The van der Waals surface area contributed by atoms with Gasteiger partial charge in [-0.05, 0) is 54.3 Å². The monoisotopic (exact) mass is 454 g/mol. The van der Waals surface area contributed by atoms with Gasteiger partial charge in [0.25, 0.3) is 0 Å². The van der Waals surface area contributed by atoms with Gasteiger partial charge in [0.15, 0.2) is 0 Å². The normalized spacial score (nSPS) is 10.8. The molecule has 2 aromatic carbocycles. The first kappa shape index (κ1) is 26.8. The van der Waals surface area contributed by atoms with Crippen molar-refractivity contribution in [3.05, 3.63) is 48.0 Å². The van der Waals surface area contributed by atoms with E-state index in [2.05, 4.69) is 13.8 Å². The topological polar surface area (TPSA) is 55.8 Å². The molecule has 0 saturated heterocycles. The van der Waals surface area contributed by atoms with Gasteiger partial charge in [-0.1, -0.05) is 90.2 Å². The molecule has 0 radical (unpaired) electrons. The van der Waals surface area contributed by atoms with E-state index in [0.29, 0.717) is 24.5 Å². The maximum Gasteiger partial charge on any atom is 0.336 e. The third kappa shape index (κ3) is 10.3. The zero-order chi connectivity index (χ0) is 23.7. The number of benzene rings is 2. The third-order valence-corrected chi connectivity index (χ3v) is 5.92. The first-order valence-corrected chi connectivity index (χ1v) is 12.9. The minimum Gasteiger partial charge on any atom is -0.494 e. The van der Waals surface area contributed by atoms with E-state index in [1.807, 2.05) is 30.3 Å². The van der Waals surface area contributed by atoms with Crippen LogP contribution in [0.15, 0.2) is 42.5 Å². The lowest BCUT2D eigenvalue weighted by atomic mass is 9.99. The molecule has 1 N–H and O–H groups in total. The highest BCUT2D eigenvalue weighted by molar-refractivity contribution is 5.96. The second-order valence-corrected chi connectivity index (χ2v) is 8.77. The molecule has 0 amide bonds. The van der Waals surface area contributed by atoms with Gasteiger partial charge in [-0.2, -0.15) is 0 Å². The first-order valence-electron chi connectivity index (χ1n) is 12.9. The Labute approximate surface area is 200 Å². The molecule has 0 aliphatic carbocycles. The number of carbonyl (C=O) groups is 1. The molecule has 0 aliphatic rings. The molecule has 0 unspecified atom stereocenters. The second kappa shape index (κ2) is 16.2. The van der Waals surface area contributed by atoms with Crippen molar-refractivity contribution in [1.82, 2.24) is 0 Å². The van der Waals surface area contributed by atoms with Crippen LogP contribution >= 0.6 is 0 Å². The van der Waals surface area contributed by atoms with E-state index in [4.69, 9.17) is 9.47 Å². The summed E-state index contributed by atoms with van der Waals surface area (Å²) in [5.41, 5.74) is 1.80. The summed E-state index contributed by atoms with van der Waals surface area (Å²) in [5, 5.41) is 9.64. The van der Waals surface area contributed by atoms with E-state index in [0.717, 1.165) is 24.2 Å². The summed E-state index contributed by atoms with van der Waals surface area (Å²) in [7, 11) is 0. The van der Waals surface area contributed by atoms with Gasteiger partial charge >= 0.3 is 5.97 Å². The molecular formula is C29H42O4. The van der Waals surface area contributed by atoms with Crippen LogP contribution in [0.25, 0.3) is 11.1 Å². The smallest absolute Gasteiger partial charge is 0.336 e. The maximum absolute atomic E-state index is 11.8. The van der Waals surface area contributed by atoms with Gasteiger partial charge in [-0.25, -0.2) is 4.79 Å². The molecule has 2 rings (SSSR count). The fourth-order valence-electron chi connectivity index (χ4n) is 3.91. The van der Waals surface area contributed by atoms with Crippen LogP contribution in [-0.2, 0) is 0 Å². The fourth-order valence-corrected chi connectivity index (χ4v) is 3.91. The number of carboxylic acids is 1. The van der Waals surface area contributed by atoms with Gasteiger partial charge in [-0.3, -0.25) is 0 Å². The second-order valence-electron chi connectivity index (χ2n) is 8.77. The van der Waals surface area contributed by atoms with Crippen LogP contribution in [0.3, 0.4) is 0 Å². The molecule has 0 fully saturated rings. The summed E-state index contributed by atoms with van der Waals surface area (Å²) < 4.78 is 11.8. The van der Waals surface area contributed by atoms with Crippen molar-refractivity contribution in [2.24, 2.45) is 0 Å². The molecule has 0 atom stereocenters. The van der Waals surface area contributed by atoms with Crippen LogP contribution in [0, 0.1) is 0 Å². The van der Waals surface area contributed by atoms with E-state index in [9.17, 15) is 9.90 Å². The van der Waals surface area contributed by atoms with Gasteiger partial charge in [0.2, 0.25) is 0 Å². The van der Waals surface area contributed by atoms with Crippen LogP contribution in [0.1, 0.15) is 101 Å².